The predicted octanol–water partition coefficient (Wildman–Crippen LogP) is 2.47. The molecule has 192 valence electrons. The lowest BCUT2D eigenvalue weighted by Crippen LogP contribution is -2.52. The maximum absolute atomic E-state index is 15.0. The molecule has 0 saturated carbocycles. The number of likely N-dealkylation sites (tertiary alicyclic amines) is 1. The van der Waals surface area contributed by atoms with Crippen LogP contribution in [0.25, 0.3) is 10.9 Å². The first-order valence-corrected chi connectivity index (χ1v) is 12.5. The van der Waals surface area contributed by atoms with E-state index in [0.717, 1.165) is 16.5 Å². The molecule has 3 aliphatic heterocycles. The lowest BCUT2D eigenvalue weighted by atomic mass is 10.0. The van der Waals surface area contributed by atoms with Gasteiger partial charge in [0, 0.05) is 49.1 Å². The summed E-state index contributed by atoms with van der Waals surface area (Å²) in [5.74, 6) is -0.625. The van der Waals surface area contributed by atoms with Crippen molar-refractivity contribution in [1.82, 2.24) is 20.1 Å². The molecule has 0 radical (unpaired) electrons. The highest BCUT2D eigenvalue weighted by Gasteiger charge is 2.40. The molecular weight excluding hydrogens is 489 g/mol. The van der Waals surface area contributed by atoms with Gasteiger partial charge in [-0.1, -0.05) is 18.2 Å². The molecule has 4 heterocycles. The van der Waals surface area contributed by atoms with E-state index >= 15 is 0 Å². The maximum atomic E-state index is 15.0. The minimum absolute atomic E-state index is 0.162. The van der Waals surface area contributed by atoms with Crippen LogP contribution >= 0.6 is 0 Å². The summed E-state index contributed by atoms with van der Waals surface area (Å²) < 4.78 is 21.0. The Kier molecular flexibility index (Phi) is 6.00. The van der Waals surface area contributed by atoms with Gasteiger partial charge in [0.15, 0.2) is 6.17 Å². The van der Waals surface area contributed by atoms with Crippen molar-refractivity contribution in [3.05, 3.63) is 70.9 Å². The van der Waals surface area contributed by atoms with Crippen molar-refractivity contribution in [2.45, 2.75) is 44.2 Å². The Morgan fingerprint density at radius 2 is 1.97 bits per heavy atom. The molecule has 6 rings (SSSR count). The third-order valence-electron chi connectivity index (χ3n) is 7.36. The number of nitriles is 1. The van der Waals surface area contributed by atoms with E-state index in [1.165, 1.54) is 4.90 Å². The SMILES string of the molecule is N#Cc1nc2ccccc2cc1CN1C[C@H](F)[C@H](Oc2ccc3c(c2)CN(C2CCC(=O)NC2=O)C3=O)C1. The molecular formula is C28H24FN5O4. The number of halogens is 1. The van der Waals surface area contributed by atoms with Gasteiger partial charge >= 0.3 is 0 Å². The second kappa shape index (κ2) is 9.50. The third-order valence-corrected chi connectivity index (χ3v) is 7.36. The second-order valence-corrected chi connectivity index (χ2v) is 9.89. The molecule has 1 aromatic heterocycles. The number of carbonyl (C=O) groups excluding carboxylic acids is 3. The van der Waals surface area contributed by atoms with Crippen LogP contribution in [-0.2, 0) is 22.7 Å². The van der Waals surface area contributed by atoms with Gasteiger partial charge in [0.1, 0.15) is 29.7 Å². The van der Waals surface area contributed by atoms with Crippen molar-refractivity contribution in [2.75, 3.05) is 13.1 Å². The summed E-state index contributed by atoms with van der Waals surface area (Å²) >= 11 is 0. The van der Waals surface area contributed by atoms with E-state index in [1.54, 1.807) is 18.2 Å². The average Bonchev–Trinajstić information content (AvgIpc) is 3.41. The minimum atomic E-state index is -1.23. The highest BCUT2D eigenvalue weighted by Crippen LogP contribution is 2.31. The van der Waals surface area contributed by atoms with E-state index in [4.69, 9.17) is 4.74 Å². The van der Waals surface area contributed by atoms with E-state index in [9.17, 15) is 24.0 Å². The van der Waals surface area contributed by atoms with Crippen LogP contribution in [0.1, 0.15) is 40.0 Å². The van der Waals surface area contributed by atoms with Crippen molar-refractivity contribution < 1.29 is 23.5 Å². The van der Waals surface area contributed by atoms with Gasteiger partial charge in [-0.15, -0.1) is 0 Å². The fourth-order valence-corrected chi connectivity index (χ4v) is 5.46. The number of ether oxygens (including phenoxy) is 1. The number of hydrogen-bond donors (Lipinski definition) is 1. The number of pyridine rings is 1. The normalized spacial score (nSPS) is 23.4. The van der Waals surface area contributed by atoms with Gasteiger partial charge in [-0.3, -0.25) is 24.6 Å². The molecule has 3 amide bonds. The van der Waals surface area contributed by atoms with Crippen molar-refractivity contribution >= 4 is 28.6 Å². The zero-order chi connectivity index (χ0) is 26.4. The first-order chi connectivity index (χ1) is 18.4. The number of alkyl halides is 1. The lowest BCUT2D eigenvalue weighted by molar-refractivity contribution is -0.136. The summed E-state index contributed by atoms with van der Waals surface area (Å²) in [6.45, 7) is 1.09. The molecule has 3 atom stereocenters. The number of hydrogen-bond acceptors (Lipinski definition) is 7. The van der Waals surface area contributed by atoms with E-state index in [0.29, 0.717) is 35.7 Å². The number of piperidine rings is 1. The Balaban J connectivity index is 1.13. The summed E-state index contributed by atoms with van der Waals surface area (Å²) in [6.07, 6.45) is -1.47. The van der Waals surface area contributed by atoms with E-state index < -0.39 is 24.2 Å². The summed E-state index contributed by atoms with van der Waals surface area (Å²) in [5, 5.41) is 12.8. The first kappa shape index (κ1) is 24.0. The number of aromatic nitrogens is 1. The van der Waals surface area contributed by atoms with Crippen molar-refractivity contribution in [1.29, 1.82) is 5.26 Å². The standard InChI is InChI=1S/C28H24FN5O4/c29-21-14-33(12-18-9-16-3-1-2-4-22(16)31-23(18)11-30)15-25(21)38-19-5-6-20-17(10-19)13-34(28(20)37)24-7-8-26(35)32-27(24)36/h1-6,9-10,21,24-25H,7-8,12-15H2,(H,32,35,36)/t21-,24?,25+/m0/s1. The van der Waals surface area contributed by atoms with Gasteiger partial charge in [-0.25, -0.2) is 9.37 Å². The maximum Gasteiger partial charge on any atom is 0.255 e. The molecule has 3 aliphatic rings. The van der Waals surface area contributed by atoms with Crippen LogP contribution in [0, 0.1) is 11.3 Å². The van der Waals surface area contributed by atoms with Crippen LogP contribution in [0.15, 0.2) is 48.5 Å². The number of rotatable bonds is 5. The number of nitrogens with zero attached hydrogens (tertiary/aromatic N) is 4. The molecule has 1 unspecified atom stereocenters. The van der Waals surface area contributed by atoms with Crippen LogP contribution in [0.4, 0.5) is 4.39 Å². The Morgan fingerprint density at radius 3 is 2.79 bits per heavy atom. The topological polar surface area (TPSA) is 116 Å². The Labute approximate surface area is 217 Å². The van der Waals surface area contributed by atoms with Crippen LogP contribution in [0.2, 0.25) is 0 Å². The van der Waals surface area contributed by atoms with E-state index in [1.807, 2.05) is 35.2 Å². The Morgan fingerprint density at radius 1 is 1.13 bits per heavy atom. The molecule has 0 aliphatic carbocycles. The van der Waals surface area contributed by atoms with E-state index in [-0.39, 0.29) is 37.7 Å². The van der Waals surface area contributed by atoms with Gasteiger partial charge in [-0.2, -0.15) is 5.26 Å². The van der Waals surface area contributed by atoms with E-state index in [2.05, 4.69) is 16.4 Å². The number of benzene rings is 2. The van der Waals surface area contributed by atoms with Crippen molar-refractivity contribution in [3.8, 4) is 11.8 Å². The minimum Gasteiger partial charge on any atom is -0.486 e. The van der Waals surface area contributed by atoms with Gasteiger partial charge in [0.25, 0.3) is 5.91 Å². The largest absolute Gasteiger partial charge is 0.486 e. The molecule has 1 N–H and O–H groups in total. The highest BCUT2D eigenvalue weighted by atomic mass is 19.1. The average molecular weight is 514 g/mol. The number of fused-ring (bicyclic) bond motifs is 2. The molecule has 0 spiro atoms. The summed E-state index contributed by atoms with van der Waals surface area (Å²) in [7, 11) is 0. The lowest BCUT2D eigenvalue weighted by Gasteiger charge is -2.29. The summed E-state index contributed by atoms with van der Waals surface area (Å²) in [5.41, 5.74) is 2.98. The first-order valence-electron chi connectivity index (χ1n) is 12.5. The Bertz CT molecular complexity index is 1520. The fraction of sp³-hybridized carbons (Fsp3) is 0.321. The smallest absolute Gasteiger partial charge is 0.255 e. The summed E-state index contributed by atoms with van der Waals surface area (Å²) in [6, 6.07) is 15.9. The molecule has 2 aromatic carbocycles. The van der Waals surface area contributed by atoms with Crippen LogP contribution in [-0.4, -0.2) is 63.9 Å². The molecule has 0 bridgehead atoms. The molecule has 9 nitrogen and oxygen atoms in total. The molecule has 3 aromatic rings. The highest BCUT2D eigenvalue weighted by molar-refractivity contribution is 6.05. The monoisotopic (exact) mass is 513 g/mol. The van der Waals surface area contributed by atoms with Gasteiger partial charge in [0.05, 0.1) is 5.52 Å². The van der Waals surface area contributed by atoms with Crippen molar-refractivity contribution in [3.63, 3.8) is 0 Å². The number of nitrogens with one attached hydrogen (secondary N) is 1. The number of amides is 3. The predicted molar refractivity (Wildman–Crippen MR) is 134 cm³/mol. The van der Waals surface area contributed by atoms with Gasteiger partial charge in [-0.05, 0) is 42.3 Å². The molecule has 2 fully saturated rings. The number of imide groups is 1. The van der Waals surface area contributed by atoms with Crippen LogP contribution < -0.4 is 10.1 Å². The molecule has 38 heavy (non-hydrogen) atoms. The second-order valence-electron chi connectivity index (χ2n) is 9.89. The van der Waals surface area contributed by atoms with Crippen molar-refractivity contribution in [2.24, 2.45) is 0 Å². The Hall–Kier alpha value is -4.36. The summed E-state index contributed by atoms with van der Waals surface area (Å²) in [4.78, 5) is 44.5. The molecule has 2 saturated heterocycles. The molecule has 10 heteroatoms. The number of carbonyl (C=O) groups is 3. The zero-order valence-electron chi connectivity index (χ0n) is 20.4. The van der Waals surface area contributed by atoms with Crippen LogP contribution in [0.3, 0.4) is 0 Å². The third kappa shape index (κ3) is 4.35. The van der Waals surface area contributed by atoms with Gasteiger partial charge in [0.2, 0.25) is 11.8 Å². The number of para-hydroxylation sites is 1. The zero-order valence-corrected chi connectivity index (χ0v) is 20.4. The van der Waals surface area contributed by atoms with Crippen LogP contribution in [0.5, 0.6) is 5.75 Å². The van der Waals surface area contributed by atoms with Gasteiger partial charge < -0.3 is 9.64 Å². The quantitative estimate of drug-likeness (QED) is 0.521. The fourth-order valence-electron chi connectivity index (χ4n) is 5.46.